The first-order chi connectivity index (χ1) is 8.33. The summed E-state index contributed by atoms with van der Waals surface area (Å²) in [6.07, 6.45) is 1.98. The summed E-state index contributed by atoms with van der Waals surface area (Å²) >= 11 is 0. The van der Waals surface area contributed by atoms with Crippen LogP contribution < -0.4 is 5.32 Å². The zero-order chi connectivity index (χ0) is 12.5. The summed E-state index contributed by atoms with van der Waals surface area (Å²) in [5.74, 6) is 0. The maximum Gasteiger partial charge on any atom is 0.0475 e. The van der Waals surface area contributed by atoms with E-state index in [2.05, 4.69) is 61.0 Å². The van der Waals surface area contributed by atoms with Gasteiger partial charge in [-0.3, -0.25) is 4.90 Å². The van der Waals surface area contributed by atoms with Gasteiger partial charge in [-0.15, -0.1) is 6.58 Å². The SMILES string of the molecule is C=CCN(CC)C(CNCC)c1ccccc1. The number of rotatable bonds is 8. The Kier molecular flexibility index (Phi) is 6.60. The number of nitrogens with zero attached hydrogens (tertiary/aromatic N) is 1. The molecule has 0 aliphatic heterocycles. The van der Waals surface area contributed by atoms with E-state index in [1.54, 1.807) is 0 Å². The van der Waals surface area contributed by atoms with E-state index in [0.29, 0.717) is 6.04 Å². The van der Waals surface area contributed by atoms with Crippen LogP contribution in [0.25, 0.3) is 0 Å². The first-order valence-electron chi connectivity index (χ1n) is 6.44. The molecule has 1 atom stereocenters. The molecule has 94 valence electrons. The Morgan fingerprint density at radius 1 is 1.29 bits per heavy atom. The van der Waals surface area contributed by atoms with E-state index in [1.165, 1.54) is 5.56 Å². The van der Waals surface area contributed by atoms with Gasteiger partial charge in [-0.2, -0.15) is 0 Å². The van der Waals surface area contributed by atoms with E-state index in [-0.39, 0.29) is 0 Å². The summed E-state index contributed by atoms with van der Waals surface area (Å²) in [5, 5.41) is 3.44. The molecule has 0 radical (unpaired) electrons. The van der Waals surface area contributed by atoms with Crippen molar-refractivity contribution in [1.29, 1.82) is 0 Å². The summed E-state index contributed by atoms with van der Waals surface area (Å²) in [6, 6.07) is 11.1. The van der Waals surface area contributed by atoms with Crippen molar-refractivity contribution >= 4 is 0 Å². The highest BCUT2D eigenvalue weighted by Crippen LogP contribution is 2.19. The molecule has 1 rings (SSSR count). The highest BCUT2D eigenvalue weighted by Gasteiger charge is 2.16. The van der Waals surface area contributed by atoms with Crippen LogP contribution in [0, 0.1) is 0 Å². The largest absolute Gasteiger partial charge is 0.315 e. The summed E-state index contributed by atoms with van der Waals surface area (Å²) in [7, 11) is 0. The number of hydrogen-bond donors (Lipinski definition) is 1. The average molecular weight is 232 g/mol. The van der Waals surface area contributed by atoms with Crippen LogP contribution >= 0.6 is 0 Å². The van der Waals surface area contributed by atoms with E-state index in [9.17, 15) is 0 Å². The van der Waals surface area contributed by atoms with E-state index in [4.69, 9.17) is 0 Å². The van der Waals surface area contributed by atoms with Crippen LogP contribution in [-0.4, -0.2) is 31.1 Å². The van der Waals surface area contributed by atoms with Crippen molar-refractivity contribution in [1.82, 2.24) is 10.2 Å². The third-order valence-corrected chi connectivity index (χ3v) is 2.98. The Morgan fingerprint density at radius 3 is 2.53 bits per heavy atom. The summed E-state index contributed by atoms with van der Waals surface area (Å²) in [5.41, 5.74) is 1.37. The molecular formula is C15H24N2. The molecule has 17 heavy (non-hydrogen) atoms. The second-order valence-electron chi connectivity index (χ2n) is 4.11. The molecular weight excluding hydrogens is 208 g/mol. The number of hydrogen-bond acceptors (Lipinski definition) is 2. The van der Waals surface area contributed by atoms with E-state index < -0.39 is 0 Å². The van der Waals surface area contributed by atoms with Crippen molar-refractivity contribution in [3.05, 3.63) is 48.6 Å². The molecule has 0 spiro atoms. The van der Waals surface area contributed by atoms with Crippen molar-refractivity contribution < 1.29 is 0 Å². The molecule has 2 heteroatoms. The highest BCUT2D eigenvalue weighted by atomic mass is 15.2. The highest BCUT2D eigenvalue weighted by molar-refractivity contribution is 5.19. The molecule has 2 nitrogen and oxygen atoms in total. The van der Waals surface area contributed by atoms with Gasteiger partial charge < -0.3 is 5.32 Å². The predicted molar refractivity (Wildman–Crippen MR) is 75.2 cm³/mol. The maximum atomic E-state index is 3.84. The van der Waals surface area contributed by atoms with Crippen molar-refractivity contribution in [2.75, 3.05) is 26.2 Å². The quantitative estimate of drug-likeness (QED) is 0.693. The summed E-state index contributed by atoms with van der Waals surface area (Å²) < 4.78 is 0. The van der Waals surface area contributed by atoms with Crippen molar-refractivity contribution in [3.8, 4) is 0 Å². The minimum absolute atomic E-state index is 0.430. The standard InChI is InChI=1S/C15H24N2/c1-4-12-17(6-3)15(13-16-5-2)14-10-8-7-9-11-14/h4,7-11,15-16H,1,5-6,12-13H2,2-3H3. The Balaban J connectivity index is 2.81. The second kappa shape index (κ2) is 8.04. The summed E-state index contributed by atoms with van der Waals surface area (Å²) in [6.45, 7) is 12.2. The summed E-state index contributed by atoms with van der Waals surface area (Å²) in [4.78, 5) is 2.44. The third-order valence-electron chi connectivity index (χ3n) is 2.98. The molecule has 0 amide bonds. The lowest BCUT2D eigenvalue weighted by atomic mass is 10.1. The molecule has 0 saturated heterocycles. The van der Waals surface area contributed by atoms with Crippen LogP contribution in [0.4, 0.5) is 0 Å². The predicted octanol–water partition coefficient (Wildman–Crippen LogP) is 2.85. The Labute approximate surface area is 105 Å². The molecule has 0 heterocycles. The molecule has 0 fully saturated rings. The fourth-order valence-electron chi connectivity index (χ4n) is 2.06. The third kappa shape index (κ3) is 4.33. The van der Waals surface area contributed by atoms with Gasteiger partial charge in [0.25, 0.3) is 0 Å². The van der Waals surface area contributed by atoms with Crippen LogP contribution in [0.1, 0.15) is 25.5 Å². The van der Waals surface area contributed by atoms with Gasteiger partial charge >= 0.3 is 0 Å². The van der Waals surface area contributed by atoms with Gasteiger partial charge in [-0.25, -0.2) is 0 Å². The van der Waals surface area contributed by atoms with Gasteiger partial charge in [-0.1, -0.05) is 50.3 Å². The lowest BCUT2D eigenvalue weighted by molar-refractivity contribution is 0.225. The normalized spacial score (nSPS) is 12.6. The van der Waals surface area contributed by atoms with E-state index in [0.717, 1.165) is 26.2 Å². The molecule has 1 unspecified atom stereocenters. The molecule has 1 aromatic rings. The minimum Gasteiger partial charge on any atom is -0.315 e. The monoisotopic (exact) mass is 232 g/mol. The van der Waals surface area contributed by atoms with E-state index >= 15 is 0 Å². The second-order valence-corrected chi connectivity index (χ2v) is 4.11. The van der Waals surface area contributed by atoms with Crippen LogP contribution in [0.15, 0.2) is 43.0 Å². The van der Waals surface area contributed by atoms with Crippen molar-refractivity contribution in [3.63, 3.8) is 0 Å². The Hall–Kier alpha value is -1.12. The van der Waals surface area contributed by atoms with Crippen LogP contribution in [0.5, 0.6) is 0 Å². The maximum absolute atomic E-state index is 3.84. The first kappa shape index (κ1) is 13.9. The minimum atomic E-state index is 0.430. The zero-order valence-electron chi connectivity index (χ0n) is 11.0. The van der Waals surface area contributed by atoms with Gasteiger partial charge in [0.05, 0.1) is 0 Å². The number of benzene rings is 1. The first-order valence-corrected chi connectivity index (χ1v) is 6.44. The van der Waals surface area contributed by atoms with Crippen molar-refractivity contribution in [2.24, 2.45) is 0 Å². The number of nitrogens with one attached hydrogen (secondary N) is 1. The van der Waals surface area contributed by atoms with Crippen LogP contribution in [-0.2, 0) is 0 Å². The van der Waals surface area contributed by atoms with Gasteiger partial charge in [0, 0.05) is 19.1 Å². The molecule has 0 aromatic heterocycles. The van der Waals surface area contributed by atoms with Gasteiger partial charge in [0.15, 0.2) is 0 Å². The van der Waals surface area contributed by atoms with Crippen molar-refractivity contribution in [2.45, 2.75) is 19.9 Å². The molecule has 1 aromatic carbocycles. The fourth-order valence-corrected chi connectivity index (χ4v) is 2.06. The molecule has 0 aliphatic carbocycles. The Bertz CT molecular complexity index is 308. The van der Waals surface area contributed by atoms with Gasteiger partial charge in [0.2, 0.25) is 0 Å². The topological polar surface area (TPSA) is 15.3 Å². The number of likely N-dealkylation sites (N-methyl/N-ethyl adjacent to an activating group) is 2. The molecule has 0 bridgehead atoms. The van der Waals surface area contributed by atoms with Gasteiger partial charge in [0.1, 0.15) is 0 Å². The lowest BCUT2D eigenvalue weighted by Gasteiger charge is -2.30. The van der Waals surface area contributed by atoms with Gasteiger partial charge in [-0.05, 0) is 18.7 Å². The molecule has 1 N–H and O–H groups in total. The lowest BCUT2D eigenvalue weighted by Crippen LogP contribution is -2.36. The smallest absolute Gasteiger partial charge is 0.0475 e. The van der Waals surface area contributed by atoms with E-state index in [1.807, 2.05) is 6.08 Å². The average Bonchev–Trinajstić information content (AvgIpc) is 2.39. The Morgan fingerprint density at radius 2 is 2.00 bits per heavy atom. The fraction of sp³-hybridized carbons (Fsp3) is 0.467. The van der Waals surface area contributed by atoms with Crippen LogP contribution in [0.2, 0.25) is 0 Å². The van der Waals surface area contributed by atoms with Crippen LogP contribution in [0.3, 0.4) is 0 Å². The molecule has 0 saturated carbocycles. The molecule has 0 aliphatic rings. The zero-order valence-corrected chi connectivity index (χ0v) is 11.0.